The first-order valence-electron chi connectivity index (χ1n) is 19.3. The van der Waals surface area contributed by atoms with Crippen LogP contribution in [0.4, 0.5) is 17.1 Å². The number of nitrogens with zero attached hydrogens (tertiary/aromatic N) is 1. The largest absolute Gasteiger partial charge is 0.310 e. The van der Waals surface area contributed by atoms with Crippen molar-refractivity contribution < 1.29 is 0 Å². The third kappa shape index (κ3) is 5.56. The minimum Gasteiger partial charge on any atom is -0.310 e. The summed E-state index contributed by atoms with van der Waals surface area (Å²) in [5.41, 5.74) is 14.7. The van der Waals surface area contributed by atoms with Gasteiger partial charge in [-0.25, -0.2) is 0 Å². The summed E-state index contributed by atoms with van der Waals surface area (Å²) in [5, 5.41) is 2.56. The Morgan fingerprint density at radius 2 is 1.02 bits per heavy atom. The molecule has 0 saturated heterocycles. The molecule has 3 aliphatic rings. The SMILES string of the molecule is CC1(C)c2ccccc2-c2c(-c3ccc4ccccc4c3)cc(N(c3ccc(C4CCCCC4)cc3)c3ccc(C4CCCCC4)cc3)cc21. The van der Waals surface area contributed by atoms with Crippen LogP contribution in [0.2, 0.25) is 0 Å². The third-order valence-corrected chi connectivity index (χ3v) is 12.4. The van der Waals surface area contributed by atoms with Gasteiger partial charge in [-0.3, -0.25) is 0 Å². The average molecular weight is 652 g/mol. The average Bonchev–Trinajstić information content (AvgIpc) is 3.41. The van der Waals surface area contributed by atoms with Gasteiger partial charge in [0.2, 0.25) is 0 Å². The van der Waals surface area contributed by atoms with Gasteiger partial charge in [0.1, 0.15) is 0 Å². The molecular weight excluding hydrogens is 603 g/mol. The number of hydrogen-bond donors (Lipinski definition) is 0. The molecule has 0 amide bonds. The summed E-state index contributed by atoms with van der Waals surface area (Å²) in [4.78, 5) is 2.53. The summed E-state index contributed by atoms with van der Waals surface area (Å²) in [7, 11) is 0. The highest BCUT2D eigenvalue weighted by Crippen LogP contribution is 2.54. The molecule has 6 aromatic carbocycles. The van der Waals surface area contributed by atoms with E-state index in [2.05, 4.69) is 146 Å². The smallest absolute Gasteiger partial charge is 0.0471 e. The zero-order chi connectivity index (χ0) is 33.7. The summed E-state index contributed by atoms with van der Waals surface area (Å²) in [6.07, 6.45) is 13.5. The molecule has 1 heteroatoms. The Balaban J connectivity index is 1.23. The zero-order valence-corrected chi connectivity index (χ0v) is 29.8. The molecule has 3 aliphatic carbocycles. The first kappa shape index (κ1) is 31.4. The lowest BCUT2D eigenvalue weighted by atomic mass is 9.81. The monoisotopic (exact) mass is 651 g/mol. The van der Waals surface area contributed by atoms with Gasteiger partial charge < -0.3 is 4.90 Å². The highest BCUT2D eigenvalue weighted by molar-refractivity contribution is 5.98. The fourth-order valence-corrected chi connectivity index (χ4v) is 9.62. The molecule has 0 heterocycles. The molecule has 0 N–H and O–H groups in total. The van der Waals surface area contributed by atoms with E-state index in [-0.39, 0.29) is 5.41 Å². The Bertz CT molecular complexity index is 2080. The van der Waals surface area contributed by atoms with Crippen molar-refractivity contribution in [3.8, 4) is 22.3 Å². The molecule has 6 aromatic rings. The third-order valence-electron chi connectivity index (χ3n) is 12.4. The van der Waals surface area contributed by atoms with E-state index in [9.17, 15) is 0 Å². The van der Waals surface area contributed by atoms with Crippen molar-refractivity contribution in [2.75, 3.05) is 4.90 Å². The first-order valence-corrected chi connectivity index (χ1v) is 19.3. The van der Waals surface area contributed by atoms with Gasteiger partial charge in [0.25, 0.3) is 0 Å². The van der Waals surface area contributed by atoms with Gasteiger partial charge in [0.15, 0.2) is 0 Å². The molecule has 0 atom stereocenters. The van der Waals surface area contributed by atoms with Crippen LogP contribution >= 0.6 is 0 Å². The molecule has 0 unspecified atom stereocenters. The highest BCUT2D eigenvalue weighted by Gasteiger charge is 2.38. The predicted molar refractivity (Wildman–Crippen MR) is 213 cm³/mol. The number of rotatable bonds is 6. The molecule has 9 rings (SSSR count). The fraction of sp³-hybridized carbons (Fsp3) is 0.306. The number of hydrogen-bond acceptors (Lipinski definition) is 1. The van der Waals surface area contributed by atoms with Gasteiger partial charge >= 0.3 is 0 Å². The summed E-state index contributed by atoms with van der Waals surface area (Å²) >= 11 is 0. The van der Waals surface area contributed by atoms with Crippen LogP contribution in [0.1, 0.15) is 112 Å². The standard InChI is InChI=1S/C49H49N/c1-49(2)46-20-12-11-19-44(46)48-45(40-22-21-36-17-9-10-18-39(36)31-40)32-43(33-47(48)49)50(41-27-23-37(24-28-41)34-13-5-3-6-14-34)42-29-25-38(26-30-42)35-15-7-4-8-16-35/h9-12,17-35H,3-8,13-16H2,1-2H3. The van der Waals surface area contributed by atoms with Gasteiger partial charge in [0.05, 0.1) is 0 Å². The molecule has 0 radical (unpaired) electrons. The molecule has 0 aromatic heterocycles. The zero-order valence-electron chi connectivity index (χ0n) is 29.8. The number of benzene rings is 6. The second-order valence-electron chi connectivity index (χ2n) is 15.8. The van der Waals surface area contributed by atoms with Crippen molar-refractivity contribution in [3.05, 3.63) is 150 Å². The van der Waals surface area contributed by atoms with E-state index in [1.807, 2.05) is 0 Å². The van der Waals surface area contributed by atoms with Crippen LogP contribution in [0.5, 0.6) is 0 Å². The van der Waals surface area contributed by atoms with E-state index in [0.717, 1.165) is 0 Å². The number of fused-ring (bicyclic) bond motifs is 4. The second-order valence-corrected chi connectivity index (χ2v) is 15.8. The van der Waals surface area contributed by atoms with Crippen molar-refractivity contribution >= 4 is 27.8 Å². The van der Waals surface area contributed by atoms with E-state index in [1.54, 1.807) is 0 Å². The Morgan fingerprint density at radius 3 is 1.64 bits per heavy atom. The molecule has 2 saturated carbocycles. The molecule has 0 spiro atoms. The van der Waals surface area contributed by atoms with Crippen molar-refractivity contribution in [3.63, 3.8) is 0 Å². The van der Waals surface area contributed by atoms with E-state index >= 15 is 0 Å². The molecular formula is C49H49N. The topological polar surface area (TPSA) is 3.24 Å². The fourth-order valence-electron chi connectivity index (χ4n) is 9.62. The predicted octanol–water partition coefficient (Wildman–Crippen LogP) is 14.4. The van der Waals surface area contributed by atoms with Gasteiger partial charge in [-0.05, 0) is 135 Å². The minimum absolute atomic E-state index is 0.116. The van der Waals surface area contributed by atoms with Gasteiger partial charge in [-0.15, -0.1) is 0 Å². The maximum absolute atomic E-state index is 2.53. The van der Waals surface area contributed by atoms with Crippen LogP contribution in [-0.2, 0) is 5.41 Å². The lowest BCUT2D eigenvalue weighted by Gasteiger charge is -2.30. The normalized spacial score (nSPS) is 17.4. The Hall–Kier alpha value is -4.62. The summed E-state index contributed by atoms with van der Waals surface area (Å²) in [6.45, 7) is 4.82. The van der Waals surface area contributed by atoms with Crippen molar-refractivity contribution in [2.45, 2.75) is 95.3 Å². The van der Waals surface area contributed by atoms with Crippen LogP contribution in [0.25, 0.3) is 33.0 Å². The summed E-state index contributed by atoms with van der Waals surface area (Å²) < 4.78 is 0. The molecule has 50 heavy (non-hydrogen) atoms. The van der Waals surface area contributed by atoms with Crippen LogP contribution in [0.3, 0.4) is 0 Å². The van der Waals surface area contributed by atoms with Gasteiger partial charge in [-0.2, -0.15) is 0 Å². The Labute approximate surface area is 299 Å². The van der Waals surface area contributed by atoms with Crippen molar-refractivity contribution in [1.29, 1.82) is 0 Å². The summed E-state index contributed by atoms with van der Waals surface area (Å²) in [6, 6.07) is 49.1. The maximum Gasteiger partial charge on any atom is 0.0471 e. The van der Waals surface area contributed by atoms with E-state index in [1.165, 1.54) is 137 Å². The molecule has 2 fully saturated rings. The van der Waals surface area contributed by atoms with Crippen LogP contribution in [0, 0.1) is 0 Å². The first-order chi connectivity index (χ1) is 24.5. The van der Waals surface area contributed by atoms with Crippen molar-refractivity contribution in [2.24, 2.45) is 0 Å². The quantitative estimate of drug-likeness (QED) is 0.173. The molecule has 1 nitrogen and oxygen atoms in total. The lowest BCUT2D eigenvalue weighted by molar-refractivity contribution is 0.443. The molecule has 250 valence electrons. The van der Waals surface area contributed by atoms with Crippen LogP contribution in [0.15, 0.2) is 127 Å². The van der Waals surface area contributed by atoms with Crippen LogP contribution in [-0.4, -0.2) is 0 Å². The molecule has 0 aliphatic heterocycles. The van der Waals surface area contributed by atoms with E-state index < -0.39 is 0 Å². The van der Waals surface area contributed by atoms with Gasteiger partial charge in [-0.1, -0.05) is 137 Å². The summed E-state index contributed by atoms with van der Waals surface area (Å²) in [5.74, 6) is 1.39. The second kappa shape index (κ2) is 12.9. The Morgan fingerprint density at radius 1 is 0.460 bits per heavy atom. The molecule has 0 bridgehead atoms. The maximum atomic E-state index is 2.53. The lowest BCUT2D eigenvalue weighted by Crippen LogP contribution is -2.17. The van der Waals surface area contributed by atoms with Gasteiger partial charge in [0, 0.05) is 22.5 Å². The van der Waals surface area contributed by atoms with E-state index in [0.29, 0.717) is 11.8 Å². The van der Waals surface area contributed by atoms with Crippen LogP contribution < -0.4 is 4.90 Å². The minimum atomic E-state index is -0.116. The van der Waals surface area contributed by atoms with E-state index in [4.69, 9.17) is 0 Å². The highest BCUT2D eigenvalue weighted by atomic mass is 15.1. The van der Waals surface area contributed by atoms with Crippen molar-refractivity contribution in [1.82, 2.24) is 0 Å². The Kier molecular flexibility index (Phi) is 8.11. The number of anilines is 3.